The number of nitrogens with one attached hydrogen (secondary N) is 1. The van der Waals surface area contributed by atoms with Gasteiger partial charge in [0.2, 0.25) is 0 Å². The van der Waals surface area contributed by atoms with Crippen molar-refractivity contribution < 1.29 is 19.4 Å². The van der Waals surface area contributed by atoms with Gasteiger partial charge in [-0.1, -0.05) is 36.4 Å². The molecule has 4 heterocycles. The van der Waals surface area contributed by atoms with Gasteiger partial charge in [0.15, 0.2) is 0 Å². The van der Waals surface area contributed by atoms with Crippen LogP contribution >= 0.6 is 0 Å². The minimum Gasteiger partial charge on any atom is -0.465 e. The van der Waals surface area contributed by atoms with Gasteiger partial charge in [0, 0.05) is 54.9 Å². The number of nitriles is 1. The number of morpholine rings is 1. The minimum atomic E-state index is -1.00. The summed E-state index contributed by atoms with van der Waals surface area (Å²) in [5.41, 5.74) is 3.04. The molecular weight excluding hydrogens is 534 g/mol. The lowest BCUT2D eigenvalue weighted by molar-refractivity contribution is -0.0425. The number of carboxylic acid groups (broad SMARTS) is 1. The zero-order chi connectivity index (χ0) is 29.3. The van der Waals surface area contributed by atoms with E-state index in [0.717, 1.165) is 35.7 Å². The topological polar surface area (TPSA) is 127 Å². The zero-order valence-electron chi connectivity index (χ0n) is 24.1. The average molecular weight is 572 g/mol. The third-order valence-corrected chi connectivity index (χ3v) is 8.37. The van der Waals surface area contributed by atoms with Gasteiger partial charge in [0.1, 0.15) is 18.5 Å². The summed E-state index contributed by atoms with van der Waals surface area (Å²) in [6, 6.07) is 16.8. The molecule has 0 unspecified atom stereocenters. The summed E-state index contributed by atoms with van der Waals surface area (Å²) in [6.07, 6.45) is -0.261. The van der Waals surface area contributed by atoms with E-state index in [9.17, 15) is 15.2 Å². The summed E-state index contributed by atoms with van der Waals surface area (Å²) < 4.78 is 12.2. The first kappa shape index (κ1) is 28.0. The first-order chi connectivity index (χ1) is 20.3. The fourth-order valence-electron chi connectivity index (χ4n) is 6.08. The molecule has 3 aliphatic heterocycles. The number of benzene rings is 2. The summed E-state index contributed by atoms with van der Waals surface area (Å²) in [7, 11) is 0. The second-order valence-electron chi connectivity index (χ2n) is 11.9. The summed E-state index contributed by atoms with van der Waals surface area (Å²) in [5.74, 6) is 0.768. The molecule has 0 spiro atoms. The highest BCUT2D eigenvalue weighted by Gasteiger charge is 2.34. The lowest BCUT2D eigenvalue weighted by Gasteiger charge is -2.41. The van der Waals surface area contributed by atoms with Crippen molar-refractivity contribution in [1.82, 2.24) is 20.2 Å². The fourth-order valence-corrected chi connectivity index (χ4v) is 6.08. The van der Waals surface area contributed by atoms with Gasteiger partial charge in [0.05, 0.1) is 37.4 Å². The average Bonchev–Trinajstić information content (AvgIpc) is 2.99. The van der Waals surface area contributed by atoms with Crippen molar-refractivity contribution in [1.29, 1.82) is 5.26 Å². The van der Waals surface area contributed by atoms with Crippen molar-refractivity contribution in [2.75, 3.05) is 55.7 Å². The number of hydrogen-bond acceptors (Lipinski definition) is 9. The number of anilines is 2. The van der Waals surface area contributed by atoms with Gasteiger partial charge in [-0.3, -0.25) is 0 Å². The van der Waals surface area contributed by atoms with Gasteiger partial charge in [0.25, 0.3) is 0 Å². The molecule has 2 atom stereocenters. The highest BCUT2D eigenvalue weighted by atomic mass is 16.5. The third-order valence-electron chi connectivity index (χ3n) is 8.37. The van der Waals surface area contributed by atoms with Crippen molar-refractivity contribution in [2.45, 2.75) is 50.9 Å². The van der Waals surface area contributed by atoms with Crippen LogP contribution < -0.4 is 19.9 Å². The molecule has 2 fully saturated rings. The molecule has 3 aliphatic rings. The van der Waals surface area contributed by atoms with Crippen LogP contribution in [0.5, 0.6) is 6.01 Å². The smallest absolute Gasteiger partial charge is 0.407 e. The van der Waals surface area contributed by atoms with Crippen LogP contribution in [0.3, 0.4) is 0 Å². The number of rotatable bonds is 6. The van der Waals surface area contributed by atoms with Crippen molar-refractivity contribution in [2.24, 2.45) is 0 Å². The van der Waals surface area contributed by atoms with Crippen molar-refractivity contribution >= 4 is 28.4 Å². The Morgan fingerprint density at radius 3 is 2.79 bits per heavy atom. The lowest BCUT2D eigenvalue weighted by atomic mass is 10.0. The van der Waals surface area contributed by atoms with Crippen molar-refractivity contribution in [3.63, 3.8) is 0 Å². The Bertz CT molecular complexity index is 1490. The highest BCUT2D eigenvalue weighted by Crippen LogP contribution is 2.35. The second kappa shape index (κ2) is 11.6. The molecule has 11 nitrogen and oxygen atoms in total. The van der Waals surface area contributed by atoms with Crippen LogP contribution in [0, 0.1) is 11.3 Å². The van der Waals surface area contributed by atoms with E-state index in [1.807, 2.05) is 0 Å². The number of hydrogen-bond donors (Lipinski definition) is 2. The molecule has 0 aliphatic carbocycles. The molecule has 2 N–H and O–H groups in total. The van der Waals surface area contributed by atoms with Crippen molar-refractivity contribution in [3.8, 4) is 12.1 Å². The second-order valence-corrected chi connectivity index (χ2v) is 11.9. The fraction of sp³-hybridized carbons (Fsp3) is 0.484. The van der Waals surface area contributed by atoms with E-state index in [-0.39, 0.29) is 24.1 Å². The minimum absolute atomic E-state index is 0.0743. The molecule has 2 aromatic carbocycles. The van der Waals surface area contributed by atoms with Crippen LogP contribution in [-0.2, 0) is 17.7 Å². The predicted molar refractivity (Wildman–Crippen MR) is 159 cm³/mol. The highest BCUT2D eigenvalue weighted by molar-refractivity contribution is 5.94. The van der Waals surface area contributed by atoms with Gasteiger partial charge in [-0.25, -0.2) is 4.79 Å². The Labute approximate surface area is 245 Å². The van der Waals surface area contributed by atoms with E-state index < -0.39 is 12.1 Å². The molecule has 2 saturated heterocycles. The van der Waals surface area contributed by atoms with Crippen LogP contribution in [-0.4, -0.2) is 89.7 Å². The SMILES string of the molecule is CC1(C)CO[C@@H](COc2nc3c(c(N4CCN(C(=O)O)[C@@H](CC#N)C4)n2)CCN(c2cccc4ccccc24)C3)CN1. The van der Waals surface area contributed by atoms with Gasteiger partial charge >= 0.3 is 12.1 Å². The molecule has 6 rings (SSSR count). The van der Waals surface area contributed by atoms with Gasteiger partial charge in [-0.05, 0) is 31.7 Å². The summed E-state index contributed by atoms with van der Waals surface area (Å²) in [4.78, 5) is 27.4. The summed E-state index contributed by atoms with van der Waals surface area (Å²) >= 11 is 0. The van der Waals surface area contributed by atoms with Crippen LogP contribution in [0.1, 0.15) is 31.5 Å². The number of nitrogens with zero attached hydrogens (tertiary/aromatic N) is 6. The number of aromatic nitrogens is 2. The van der Waals surface area contributed by atoms with Gasteiger partial charge in [-0.15, -0.1) is 0 Å². The Balaban J connectivity index is 1.30. The van der Waals surface area contributed by atoms with Crippen molar-refractivity contribution in [3.05, 3.63) is 53.7 Å². The van der Waals surface area contributed by atoms with E-state index in [0.29, 0.717) is 45.9 Å². The maximum atomic E-state index is 11.8. The zero-order valence-corrected chi connectivity index (χ0v) is 24.1. The number of ether oxygens (including phenoxy) is 2. The molecule has 220 valence electrons. The van der Waals surface area contributed by atoms with Gasteiger partial charge in [-0.2, -0.15) is 15.2 Å². The largest absolute Gasteiger partial charge is 0.465 e. The van der Waals surface area contributed by atoms with E-state index in [2.05, 4.69) is 77.5 Å². The molecule has 0 bridgehead atoms. The number of piperazine rings is 1. The molecule has 42 heavy (non-hydrogen) atoms. The van der Waals surface area contributed by atoms with Gasteiger partial charge < -0.3 is 34.6 Å². The normalized spacial score (nSPS) is 22.0. The Hall–Kier alpha value is -4.14. The van der Waals surface area contributed by atoms with Crippen LogP contribution in [0.15, 0.2) is 42.5 Å². The van der Waals surface area contributed by atoms with E-state index in [4.69, 9.17) is 19.4 Å². The van der Waals surface area contributed by atoms with Crippen LogP contribution in [0.4, 0.5) is 16.3 Å². The summed E-state index contributed by atoms with van der Waals surface area (Å²) in [5, 5.41) is 25.0. The van der Waals surface area contributed by atoms with E-state index >= 15 is 0 Å². The Kier molecular flexibility index (Phi) is 7.75. The number of fused-ring (bicyclic) bond motifs is 2. The Morgan fingerprint density at radius 2 is 2.00 bits per heavy atom. The molecule has 1 aromatic heterocycles. The number of carbonyl (C=O) groups is 1. The molecule has 0 saturated carbocycles. The first-order valence-corrected chi connectivity index (χ1v) is 14.5. The van der Waals surface area contributed by atoms with Crippen LogP contribution in [0.2, 0.25) is 0 Å². The predicted octanol–water partition coefficient (Wildman–Crippen LogP) is 3.42. The Morgan fingerprint density at radius 1 is 1.17 bits per heavy atom. The standard InChI is InChI=1S/C31H37N7O4/c1-31(2)20-42-23(16-33-31)19-41-29-34-26-18-36(27-9-5-7-21-6-3-4-8-24(21)27)13-11-25(26)28(35-29)37-14-15-38(30(39)40)22(17-37)10-12-32/h3-9,22-23,33H,10-11,13-20H2,1-2H3,(H,39,40)/t22-,23+/m0/s1. The monoisotopic (exact) mass is 571 g/mol. The lowest BCUT2D eigenvalue weighted by Crippen LogP contribution is -2.55. The third kappa shape index (κ3) is 5.78. The molecule has 11 heteroatoms. The maximum absolute atomic E-state index is 11.8. The summed E-state index contributed by atoms with van der Waals surface area (Å²) in [6.45, 7) is 8.36. The molecule has 0 radical (unpaired) electrons. The first-order valence-electron chi connectivity index (χ1n) is 14.5. The molecule has 3 aromatic rings. The van der Waals surface area contributed by atoms with E-state index in [1.165, 1.54) is 15.7 Å². The molecule has 1 amide bonds. The number of amides is 1. The van der Waals surface area contributed by atoms with E-state index in [1.54, 1.807) is 0 Å². The van der Waals surface area contributed by atoms with Crippen LogP contribution in [0.25, 0.3) is 10.8 Å². The maximum Gasteiger partial charge on any atom is 0.407 e. The molecular formula is C31H37N7O4. The quantitative estimate of drug-likeness (QED) is 0.454.